The molecule has 0 aliphatic heterocycles. The largest absolute Gasteiger partial charge is 0.398 e. The highest BCUT2D eigenvalue weighted by Gasteiger charge is 2.12. The van der Waals surface area contributed by atoms with Crippen LogP contribution in [0, 0.1) is 11.8 Å². The number of aliphatic hydroxyl groups excluding tert-OH is 1. The average molecular weight is 251 g/mol. The maximum atomic E-state index is 12.3. The molecule has 3 heteroatoms. The molecule has 2 rings (SSSR count). The van der Waals surface area contributed by atoms with Gasteiger partial charge in [0.2, 0.25) is 0 Å². The average Bonchev–Trinajstić information content (AvgIpc) is 2.46. The normalized spacial score (nSPS) is 9.53. The number of carbonyl (C=O) groups excluding carboxylic acids is 1. The molecule has 0 spiro atoms. The summed E-state index contributed by atoms with van der Waals surface area (Å²) in [5.41, 5.74) is 7.92. The summed E-state index contributed by atoms with van der Waals surface area (Å²) in [4.78, 5) is 12.3. The molecule has 0 saturated heterocycles. The van der Waals surface area contributed by atoms with Crippen LogP contribution in [-0.2, 0) is 0 Å². The van der Waals surface area contributed by atoms with E-state index in [0.29, 0.717) is 22.4 Å². The molecule has 3 N–H and O–H groups in total. The number of benzene rings is 2. The zero-order valence-corrected chi connectivity index (χ0v) is 10.3. The van der Waals surface area contributed by atoms with Crippen molar-refractivity contribution in [1.82, 2.24) is 0 Å². The van der Waals surface area contributed by atoms with Gasteiger partial charge in [0.25, 0.3) is 0 Å². The number of nitrogens with two attached hydrogens (primary N) is 1. The summed E-state index contributed by atoms with van der Waals surface area (Å²) in [5, 5.41) is 8.67. The molecule has 0 bridgehead atoms. The molecule has 0 saturated carbocycles. The second-order valence-electron chi connectivity index (χ2n) is 3.96. The Morgan fingerprint density at radius 2 is 1.89 bits per heavy atom. The van der Waals surface area contributed by atoms with E-state index in [1.54, 1.807) is 42.5 Å². The van der Waals surface area contributed by atoms with Gasteiger partial charge in [-0.15, -0.1) is 0 Å². The molecule has 0 fully saturated rings. The summed E-state index contributed by atoms with van der Waals surface area (Å²) in [6.45, 7) is -0.216. The molecular formula is C16H13NO2. The Morgan fingerprint density at radius 1 is 1.16 bits per heavy atom. The SMILES string of the molecule is Nc1ccc(C#CCO)cc1C(=O)c1ccccc1. The van der Waals surface area contributed by atoms with E-state index < -0.39 is 0 Å². The summed E-state index contributed by atoms with van der Waals surface area (Å²) in [6, 6.07) is 14.0. The summed E-state index contributed by atoms with van der Waals surface area (Å²) >= 11 is 0. The van der Waals surface area contributed by atoms with E-state index in [1.165, 1.54) is 0 Å². The monoisotopic (exact) mass is 251 g/mol. The Labute approximate surface area is 111 Å². The molecule has 0 amide bonds. The van der Waals surface area contributed by atoms with E-state index in [-0.39, 0.29) is 12.4 Å². The Kier molecular flexibility index (Phi) is 3.97. The van der Waals surface area contributed by atoms with Crippen molar-refractivity contribution in [1.29, 1.82) is 0 Å². The second kappa shape index (κ2) is 5.85. The molecule has 0 unspecified atom stereocenters. The van der Waals surface area contributed by atoms with Crippen molar-refractivity contribution in [2.75, 3.05) is 12.3 Å². The summed E-state index contributed by atoms with van der Waals surface area (Å²) in [7, 11) is 0. The number of nitrogen functional groups attached to an aromatic ring is 1. The lowest BCUT2D eigenvalue weighted by atomic mass is 10.00. The van der Waals surface area contributed by atoms with Crippen LogP contribution in [0.15, 0.2) is 48.5 Å². The van der Waals surface area contributed by atoms with Gasteiger partial charge in [-0.2, -0.15) is 0 Å². The lowest BCUT2D eigenvalue weighted by Gasteiger charge is -2.05. The first-order valence-electron chi connectivity index (χ1n) is 5.81. The van der Waals surface area contributed by atoms with Gasteiger partial charge < -0.3 is 10.8 Å². The van der Waals surface area contributed by atoms with Crippen LogP contribution in [0.2, 0.25) is 0 Å². The molecular weight excluding hydrogens is 238 g/mol. The van der Waals surface area contributed by atoms with Gasteiger partial charge in [-0.1, -0.05) is 42.2 Å². The maximum Gasteiger partial charge on any atom is 0.195 e. The number of aliphatic hydroxyl groups is 1. The number of hydrogen-bond donors (Lipinski definition) is 2. The maximum absolute atomic E-state index is 12.3. The first kappa shape index (κ1) is 12.9. The fourth-order valence-corrected chi connectivity index (χ4v) is 1.72. The number of hydrogen-bond acceptors (Lipinski definition) is 3. The lowest BCUT2D eigenvalue weighted by Crippen LogP contribution is -2.05. The Bertz CT molecular complexity index is 651. The van der Waals surface area contributed by atoms with Crippen molar-refractivity contribution in [2.45, 2.75) is 0 Å². The molecule has 2 aromatic carbocycles. The van der Waals surface area contributed by atoms with E-state index >= 15 is 0 Å². The van der Waals surface area contributed by atoms with Crippen LogP contribution in [0.25, 0.3) is 0 Å². The molecule has 0 radical (unpaired) electrons. The zero-order chi connectivity index (χ0) is 13.7. The minimum atomic E-state index is -0.216. The van der Waals surface area contributed by atoms with Crippen LogP contribution in [0.4, 0.5) is 5.69 Å². The van der Waals surface area contributed by atoms with Crippen LogP contribution in [0.3, 0.4) is 0 Å². The molecule has 2 aromatic rings. The Hall–Kier alpha value is -2.57. The van der Waals surface area contributed by atoms with Crippen molar-refractivity contribution >= 4 is 11.5 Å². The minimum Gasteiger partial charge on any atom is -0.398 e. The third-order valence-electron chi connectivity index (χ3n) is 2.65. The van der Waals surface area contributed by atoms with E-state index in [0.717, 1.165) is 0 Å². The van der Waals surface area contributed by atoms with E-state index in [2.05, 4.69) is 11.8 Å². The van der Waals surface area contributed by atoms with Gasteiger partial charge in [-0.25, -0.2) is 0 Å². The molecule has 0 heterocycles. The quantitative estimate of drug-likeness (QED) is 0.486. The third kappa shape index (κ3) is 3.01. The number of carbonyl (C=O) groups is 1. The number of anilines is 1. The fourth-order valence-electron chi connectivity index (χ4n) is 1.72. The predicted molar refractivity (Wildman–Crippen MR) is 74.7 cm³/mol. The molecule has 94 valence electrons. The van der Waals surface area contributed by atoms with Gasteiger partial charge in [0.15, 0.2) is 5.78 Å². The minimum absolute atomic E-state index is 0.134. The summed E-state index contributed by atoms with van der Waals surface area (Å²) < 4.78 is 0. The second-order valence-corrected chi connectivity index (χ2v) is 3.96. The van der Waals surface area contributed by atoms with Crippen molar-refractivity contribution in [2.24, 2.45) is 0 Å². The number of ketones is 1. The topological polar surface area (TPSA) is 63.3 Å². The summed E-state index contributed by atoms with van der Waals surface area (Å²) in [6.07, 6.45) is 0. The highest BCUT2D eigenvalue weighted by Crippen LogP contribution is 2.18. The van der Waals surface area contributed by atoms with Gasteiger partial charge in [0, 0.05) is 22.4 Å². The number of rotatable bonds is 2. The van der Waals surface area contributed by atoms with Crippen molar-refractivity contribution in [3.8, 4) is 11.8 Å². The smallest absolute Gasteiger partial charge is 0.195 e. The van der Waals surface area contributed by atoms with Gasteiger partial charge >= 0.3 is 0 Å². The molecule has 0 aliphatic rings. The van der Waals surface area contributed by atoms with Crippen molar-refractivity contribution < 1.29 is 9.90 Å². The highest BCUT2D eigenvalue weighted by molar-refractivity contribution is 6.12. The van der Waals surface area contributed by atoms with Gasteiger partial charge in [-0.05, 0) is 18.2 Å². The Morgan fingerprint density at radius 3 is 2.58 bits per heavy atom. The Balaban J connectivity index is 2.41. The highest BCUT2D eigenvalue weighted by atomic mass is 16.2. The fraction of sp³-hybridized carbons (Fsp3) is 0.0625. The van der Waals surface area contributed by atoms with Gasteiger partial charge in [0.05, 0.1) is 0 Å². The van der Waals surface area contributed by atoms with Crippen LogP contribution in [0.1, 0.15) is 21.5 Å². The first-order chi connectivity index (χ1) is 9.22. The lowest BCUT2D eigenvalue weighted by molar-refractivity contribution is 0.103. The van der Waals surface area contributed by atoms with E-state index in [9.17, 15) is 4.79 Å². The van der Waals surface area contributed by atoms with Crippen molar-refractivity contribution in [3.63, 3.8) is 0 Å². The van der Waals surface area contributed by atoms with Crippen LogP contribution in [0.5, 0.6) is 0 Å². The van der Waals surface area contributed by atoms with E-state index in [1.807, 2.05) is 6.07 Å². The van der Waals surface area contributed by atoms with Crippen LogP contribution < -0.4 is 5.73 Å². The standard InChI is InChI=1S/C16H13NO2/c17-15-9-8-12(5-4-10-18)11-14(15)16(19)13-6-2-1-3-7-13/h1-3,6-9,11,18H,10,17H2. The summed E-state index contributed by atoms with van der Waals surface area (Å²) in [5.74, 6) is 5.17. The molecule has 19 heavy (non-hydrogen) atoms. The third-order valence-corrected chi connectivity index (χ3v) is 2.65. The molecule has 0 atom stereocenters. The van der Waals surface area contributed by atoms with E-state index in [4.69, 9.17) is 10.8 Å². The van der Waals surface area contributed by atoms with Crippen molar-refractivity contribution in [3.05, 3.63) is 65.2 Å². The molecule has 0 aromatic heterocycles. The first-order valence-corrected chi connectivity index (χ1v) is 5.81. The van der Waals surface area contributed by atoms with Gasteiger partial charge in [0.1, 0.15) is 6.61 Å². The van der Waals surface area contributed by atoms with Gasteiger partial charge in [-0.3, -0.25) is 4.79 Å². The molecule has 0 aliphatic carbocycles. The molecule has 3 nitrogen and oxygen atoms in total. The predicted octanol–water partition coefficient (Wildman–Crippen LogP) is 1.84. The van der Waals surface area contributed by atoms with Crippen LogP contribution >= 0.6 is 0 Å². The zero-order valence-electron chi connectivity index (χ0n) is 10.3. The van der Waals surface area contributed by atoms with Crippen LogP contribution in [-0.4, -0.2) is 17.5 Å².